The van der Waals surface area contributed by atoms with Gasteiger partial charge in [-0.3, -0.25) is 9.59 Å². The van der Waals surface area contributed by atoms with E-state index >= 15 is 0 Å². The number of nitrogens with one attached hydrogen (secondary N) is 1. The van der Waals surface area contributed by atoms with E-state index in [9.17, 15) is 14.7 Å². The molecular weight excluding hydrogens is 256 g/mol. The highest BCUT2D eigenvalue weighted by molar-refractivity contribution is 5.84. The maximum Gasteiger partial charge on any atom is 0.311 e. The molecule has 5 heteroatoms. The van der Waals surface area contributed by atoms with E-state index in [1.807, 2.05) is 13.8 Å². The first-order valence-electron chi connectivity index (χ1n) is 7.68. The van der Waals surface area contributed by atoms with Crippen molar-refractivity contribution in [1.82, 2.24) is 5.32 Å². The van der Waals surface area contributed by atoms with E-state index in [2.05, 4.69) is 5.32 Å². The quantitative estimate of drug-likeness (QED) is 0.665. The number of aliphatic carboxylic acids is 1. The van der Waals surface area contributed by atoms with Gasteiger partial charge in [0, 0.05) is 13.1 Å². The number of carboxylic acid groups (broad SMARTS) is 1. The summed E-state index contributed by atoms with van der Waals surface area (Å²) in [5.41, 5.74) is 4.41. The Hall–Kier alpha value is -1.10. The van der Waals surface area contributed by atoms with Crippen LogP contribution < -0.4 is 11.1 Å². The Morgan fingerprint density at radius 3 is 2.15 bits per heavy atom. The lowest BCUT2D eigenvalue weighted by Crippen LogP contribution is -2.50. The van der Waals surface area contributed by atoms with Crippen molar-refractivity contribution in [2.24, 2.45) is 16.6 Å². The molecule has 0 heterocycles. The minimum absolute atomic E-state index is 0.101. The Morgan fingerprint density at radius 1 is 1.20 bits per heavy atom. The van der Waals surface area contributed by atoms with E-state index in [-0.39, 0.29) is 12.5 Å². The number of carboxylic acids is 1. The summed E-state index contributed by atoms with van der Waals surface area (Å²) >= 11 is 0. The lowest BCUT2D eigenvalue weighted by molar-refractivity contribution is -0.151. The van der Waals surface area contributed by atoms with Gasteiger partial charge in [0.15, 0.2) is 0 Å². The van der Waals surface area contributed by atoms with Crippen LogP contribution in [0.2, 0.25) is 0 Å². The van der Waals surface area contributed by atoms with Crippen molar-refractivity contribution in [1.29, 1.82) is 0 Å². The van der Waals surface area contributed by atoms with Gasteiger partial charge in [0.1, 0.15) is 0 Å². The Morgan fingerprint density at radius 2 is 1.75 bits per heavy atom. The summed E-state index contributed by atoms with van der Waals surface area (Å²) in [7, 11) is 0. The fourth-order valence-electron chi connectivity index (χ4n) is 3.08. The number of nitrogens with two attached hydrogens (primary N) is 1. The first-order chi connectivity index (χ1) is 9.46. The van der Waals surface area contributed by atoms with Gasteiger partial charge in [-0.2, -0.15) is 0 Å². The van der Waals surface area contributed by atoms with E-state index in [0.29, 0.717) is 32.2 Å². The fraction of sp³-hybridized carbons (Fsp3) is 0.867. The Bertz CT molecular complexity index is 337. The summed E-state index contributed by atoms with van der Waals surface area (Å²) in [5, 5.41) is 12.4. The second-order valence-electron chi connectivity index (χ2n) is 6.02. The van der Waals surface area contributed by atoms with Crippen LogP contribution in [0.5, 0.6) is 0 Å². The maximum absolute atomic E-state index is 12.4. The highest BCUT2D eigenvalue weighted by Gasteiger charge is 2.41. The molecule has 1 rings (SSSR count). The van der Waals surface area contributed by atoms with Gasteiger partial charge in [0.25, 0.3) is 0 Å². The molecule has 0 aromatic carbocycles. The van der Waals surface area contributed by atoms with Crippen molar-refractivity contribution >= 4 is 11.9 Å². The van der Waals surface area contributed by atoms with Gasteiger partial charge < -0.3 is 16.2 Å². The molecule has 1 saturated carbocycles. The van der Waals surface area contributed by atoms with Crippen LogP contribution in [0.15, 0.2) is 0 Å². The monoisotopic (exact) mass is 284 g/mol. The average molecular weight is 284 g/mol. The van der Waals surface area contributed by atoms with Crippen LogP contribution in [-0.4, -0.2) is 30.1 Å². The van der Waals surface area contributed by atoms with Crippen LogP contribution in [0.1, 0.15) is 58.8 Å². The largest absolute Gasteiger partial charge is 0.481 e. The smallest absolute Gasteiger partial charge is 0.311 e. The van der Waals surface area contributed by atoms with E-state index in [4.69, 9.17) is 5.73 Å². The van der Waals surface area contributed by atoms with E-state index in [1.54, 1.807) is 0 Å². The molecule has 1 fully saturated rings. The average Bonchev–Trinajstić information content (AvgIpc) is 2.48. The molecule has 1 aliphatic rings. The molecule has 0 aliphatic heterocycles. The Balaban J connectivity index is 2.72. The van der Waals surface area contributed by atoms with Gasteiger partial charge in [0.2, 0.25) is 5.91 Å². The predicted octanol–water partition coefficient (Wildman–Crippen LogP) is 1.90. The van der Waals surface area contributed by atoms with Crippen molar-refractivity contribution in [2.45, 2.75) is 58.8 Å². The highest BCUT2D eigenvalue weighted by Crippen LogP contribution is 2.36. The normalized spacial score (nSPS) is 18.6. The molecule has 0 bridgehead atoms. The highest BCUT2D eigenvalue weighted by atomic mass is 16.4. The van der Waals surface area contributed by atoms with Crippen LogP contribution in [0, 0.1) is 10.8 Å². The summed E-state index contributed by atoms with van der Waals surface area (Å²) in [5.74, 6) is -0.889. The molecule has 0 atom stereocenters. The van der Waals surface area contributed by atoms with Crippen molar-refractivity contribution in [3.05, 3.63) is 0 Å². The minimum Gasteiger partial charge on any atom is -0.481 e. The molecule has 20 heavy (non-hydrogen) atoms. The van der Waals surface area contributed by atoms with E-state index < -0.39 is 16.8 Å². The first-order valence-corrected chi connectivity index (χ1v) is 7.68. The van der Waals surface area contributed by atoms with Gasteiger partial charge >= 0.3 is 5.97 Å². The summed E-state index contributed by atoms with van der Waals surface area (Å²) in [6.07, 6.45) is 5.57. The third-order valence-electron chi connectivity index (χ3n) is 5.08. The van der Waals surface area contributed by atoms with Gasteiger partial charge in [-0.05, 0) is 25.7 Å². The lowest BCUT2D eigenvalue weighted by Gasteiger charge is -2.35. The molecule has 0 radical (unpaired) electrons. The number of hydrogen-bond acceptors (Lipinski definition) is 3. The number of carbonyl (C=O) groups is 2. The standard InChI is InChI=1S/C15H28N2O3/c1-3-14(4-2,10-16)12(18)17-11-15(13(19)20)8-6-5-7-9-15/h3-11,16H2,1-2H3,(H,17,18)(H,19,20). The van der Waals surface area contributed by atoms with E-state index in [0.717, 1.165) is 19.3 Å². The molecule has 0 aromatic rings. The maximum atomic E-state index is 12.4. The van der Waals surface area contributed by atoms with Crippen molar-refractivity contribution < 1.29 is 14.7 Å². The van der Waals surface area contributed by atoms with Gasteiger partial charge in [0.05, 0.1) is 10.8 Å². The zero-order chi connectivity index (χ0) is 15.2. The van der Waals surface area contributed by atoms with Gasteiger partial charge in [-0.15, -0.1) is 0 Å². The van der Waals surface area contributed by atoms with Crippen molar-refractivity contribution in [2.75, 3.05) is 13.1 Å². The summed E-state index contributed by atoms with van der Waals surface area (Å²) in [4.78, 5) is 24.0. The number of amides is 1. The summed E-state index contributed by atoms with van der Waals surface area (Å²) < 4.78 is 0. The third-order valence-corrected chi connectivity index (χ3v) is 5.08. The molecule has 0 unspecified atom stereocenters. The molecular formula is C15H28N2O3. The van der Waals surface area contributed by atoms with E-state index in [1.165, 1.54) is 0 Å². The molecule has 1 amide bonds. The fourth-order valence-corrected chi connectivity index (χ4v) is 3.08. The van der Waals surface area contributed by atoms with Crippen LogP contribution >= 0.6 is 0 Å². The third kappa shape index (κ3) is 3.32. The van der Waals surface area contributed by atoms with Crippen molar-refractivity contribution in [3.8, 4) is 0 Å². The van der Waals surface area contributed by atoms with Crippen LogP contribution in [0.3, 0.4) is 0 Å². The van der Waals surface area contributed by atoms with Crippen LogP contribution in [0.4, 0.5) is 0 Å². The molecule has 1 aliphatic carbocycles. The second-order valence-corrected chi connectivity index (χ2v) is 6.02. The minimum atomic E-state index is -0.788. The predicted molar refractivity (Wildman–Crippen MR) is 78.2 cm³/mol. The number of carbonyl (C=O) groups excluding carboxylic acids is 1. The van der Waals surface area contributed by atoms with Gasteiger partial charge in [-0.1, -0.05) is 33.1 Å². The summed E-state index contributed by atoms with van der Waals surface area (Å²) in [6, 6.07) is 0. The Kier molecular flexibility index (Phi) is 5.99. The Labute approximate surface area is 121 Å². The van der Waals surface area contributed by atoms with Gasteiger partial charge in [-0.25, -0.2) is 0 Å². The molecule has 5 nitrogen and oxygen atoms in total. The van der Waals surface area contributed by atoms with Crippen LogP contribution in [-0.2, 0) is 9.59 Å². The number of hydrogen-bond donors (Lipinski definition) is 3. The molecule has 0 saturated heterocycles. The number of rotatable bonds is 7. The molecule has 0 aromatic heterocycles. The summed E-state index contributed by atoms with van der Waals surface area (Å²) in [6.45, 7) is 4.42. The zero-order valence-electron chi connectivity index (χ0n) is 12.7. The molecule has 116 valence electrons. The lowest BCUT2D eigenvalue weighted by atomic mass is 9.73. The molecule has 0 spiro atoms. The molecule has 4 N–H and O–H groups in total. The SMILES string of the molecule is CCC(CC)(CN)C(=O)NCC1(C(=O)O)CCCCC1. The zero-order valence-corrected chi connectivity index (χ0v) is 12.7. The first kappa shape index (κ1) is 17.0. The van der Waals surface area contributed by atoms with Crippen LogP contribution in [0.25, 0.3) is 0 Å². The van der Waals surface area contributed by atoms with Crippen molar-refractivity contribution in [3.63, 3.8) is 0 Å². The second kappa shape index (κ2) is 7.07. The topological polar surface area (TPSA) is 92.4 Å².